The normalized spacial score (nSPS) is 11.4. The van der Waals surface area contributed by atoms with E-state index in [1.165, 1.54) is 53.2 Å². The van der Waals surface area contributed by atoms with E-state index in [0.717, 1.165) is 50.9 Å². The van der Waals surface area contributed by atoms with Crippen LogP contribution in [0.4, 0.5) is 34.1 Å². The predicted octanol–water partition coefficient (Wildman–Crippen LogP) is 17.4. The monoisotopic (exact) mass is 835 g/mol. The van der Waals surface area contributed by atoms with Gasteiger partial charge >= 0.3 is 0 Å². The maximum atomic E-state index is 2.42. The lowest BCUT2D eigenvalue weighted by molar-refractivity contribution is 1.18. The van der Waals surface area contributed by atoms with Crippen LogP contribution in [0.1, 0.15) is 0 Å². The number of anilines is 6. The van der Waals surface area contributed by atoms with Crippen LogP contribution in [0.15, 0.2) is 249 Å². The smallest absolute Gasteiger partial charge is 0.0561 e. The van der Waals surface area contributed by atoms with E-state index in [-0.39, 0.29) is 0 Å². The maximum absolute atomic E-state index is 2.42. The van der Waals surface area contributed by atoms with E-state index in [0.29, 0.717) is 0 Å². The second-order valence-corrected chi connectivity index (χ2v) is 17.3. The lowest BCUT2D eigenvalue weighted by Gasteiger charge is -2.30. The number of rotatable bonds is 9. The third kappa shape index (κ3) is 6.69. The summed E-state index contributed by atoms with van der Waals surface area (Å²) >= 11 is 1.85. The van der Waals surface area contributed by atoms with Crippen molar-refractivity contribution < 1.29 is 0 Å². The Bertz CT molecular complexity index is 3600. The van der Waals surface area contributed by atoms with Gasteiger partial charge in [0.1, 0.15) is 0 Å². The average Bonchev–Trinajstić information content (AvgIpc) is 3.91. The minimum atomic E-state index is 1.05. The number of para-hydroxylation sites is 4. The number of hydrogen-bond acceptors (Lipinski definition) is 3. The van der Waals surface area contributed by atoms with Crippen LogP contribution in [0.25, 0.3) is 69.9 Å². The largest absolute Gasteiger partial charge is 0.310 e. The molecule has 0 N–H and O–H groups in total. The third-order valence-corrected chi connectivity index (χ3v) is 13.5. The highest BCUT2D eigenvalue weighted by Crippen LogP contribution is 2.46. The molecular weight excluding hydrogens is 795 g/mol. The fraction of sp³-hybridized carbons (Fsp3) is 0. The van der Waals surface area contributed by atoms with Gasteiger partial charge in [0.2, 0.25) is 0 Å². The molecule has 0 aliphatic rings. The highest BCUT2D eigenvalue weighted by atomic mass is 32.1. The molecular formula is C60H41N3S. The first-order chi connectivity index (χ1) is 31.7. The zero-order valence-electron chi connectivity index (χ0n) is 34.9. The molecule has 0 bridgehead atoms. The van der Waals surface area contributed by atoms with Gasteiger partial charge in [0.15, 0.2) is 0 Å². The molecule has 0 aliphatic heterocycles. The molecule has 0 saturated heterocycles. The van der Waals surface area contributed by atoms with E-state index in [1.807, 2.05) is 11.3 Å². The number of aromatic nitrogens is 1. The predicted molar refractivity (Wildman–Crippen MR) is 274 cm³/mol. The Hall–Kier alpha value is -8.18. The minimum Gasteiger partial charge on any atom is -0.310 e. The fourth-order valence-corrected chi connectivity index (χ4v) is 10.4. The van der Waals surface area contributed by atoms with Crippen LogP contribution in [0.5, 0.6) is 0 Å². The van der Waals surface area contributed by atoms with Crippen molar-refractivity contribution in [2.45, 2.75) is 0 Å². The van der Waals surface area contributed by atoms with Crippen molar-refractivity contribution in [1.29, 1.82) is 0 Å². The summed E-state index contributed by atoms with van der Waals surface area (Å²) in [7, 11) is 0. The van der Waals surface area contributed by atoms with Crippen LogP contribution < -0.4 is 9.80 Å². The Morgan fingerprint density at radius 3 is 1.47 bits per heavy atom. The molecule has 302 valence electrons. The van der Waals surface area contributed by atoms with Gasteiger partial charge in [-0.15, -0.1) is 11.3 Å². The summed E-state index contributed by atoms with van der Waals surface area (Å²) in [6.45, 7) is 0. The quantitative estimate of drug-likeness (QED) is 0.143. The van der Waals surface area contributed by atoms with E-state index in [1.54, 1.807) is 0 Å². The SMILES string of the molecule is c1ccc(-c2ccc(N(c3ccccc3)c3cc(-c4ccc5sc6ccccc6c5c4)cc(N(c4ccccc4)c4ccc5c6ccccc6n(-c6ccccc6)c5c4)c3)cc2)cc1. The summed E-state index contributed by atoms with van der Waals surface area (Å²) in [5.41, 5.74) is 14.6. The molecule has 10 aromatic carbocycles. The van der Waals surface area contributed by atoms with Crippen LogP contribution >= 0.6 is 11.3 Å². The fourth-order valence-electron chi connectivity index (χ4n) is 9.36. The molecule has 0 saturated carbocycles. The Morgan fingerprint density at radius 2 is 0.766 bits per heavy atom. The molecule has 64 heavy (non-hydrogen) atoms. The van der Waals surface area contributed by atoms with Gasteiger partial charge in [-0.3, -0.25) is 0 Å². The maximum Gasteiger partial charge on any atom is 0.0561 e. The minimum absolute atomic E-state index is 1.05. The van der Waals surface area contributed by atoms with E-state index < -0.39 is 0 Å². The Kier molecular flexibility index (Phi) is 9.36. The van der Waals surface area contributed by atoms with E-state index in [9.17, 15) is 0 Å². The first-order valence-corrected chi connectivity index (χ1v) is 22.6. The lowest BCUT2D eigenvalue weighted by atomic mass is 9.99. The van der Waals surface area contributed by atoms with E-state index in [4.69, 9.17) is 0 Å². The van der Waals surface area contributed by atoms with Gasteiger partial charge in [-0.25, -0.2) is 0 Å². The number of fused-ring (bicyclic) bond motifs is 6. The number of hydrogen-bond donors (Lipinski definition) is 0. The zero-order valence-corrected chi connectivity index (χ0v) is 35.7. The van der Waals surface area contributed by atoms with Gasteiger partial charge < -0.3 is 14.4 Å². The van der Waals surface area contributed by atoms with Crippen molar-refractivity contribution in [1.82, 2.24) is 4.57 Å². The molecule has 3 nitrogen and oxygen atoms in total. The molecule has 12 aromatic rings. The van der Waals surface area contributed by atoms with Crippen molar-refractivity contribution in [3.8, 4) is 27.9 Å². The first-order valence-electron chi connectivity index (χ1n) is 21.7. The number of benzene rings is 10. The molecule has 0 radical (unpaired) electrons. The van der Waals surface area contributed by atoms with Crippen molar-refractivity contribution in [2.24, 2.45) is 0 Å². The molecule has 4 heteroatoms. The summed E-state index contributed by atoms with van der Waals surface area (Å²) < 4.78 is 4.99. The van der Waals surface area contributed by atoms with Crippen molar-refractivity contribution in [3.63, 3.8) is 0 Å². The molecule has 2 heterocycles. The average molecular weight is 836 g/mol. The van der Waals surface area contributed by atoms with Gasteiger partial charge in [-0.05, 0) is 125 Å². The lowest BCUT2D eigenvalue weighted by Crippen LogP contribution is -2.13. The highest BCUT2D eigenvalue weighted by Gasteiger charge is 2.22. The van der Waals surface area contributed by atoms with Crippen LogP contribution in [-0.2, 0) is 0 Å². The van der Waals surface area contributed by atoms with Crippen LogP contribution in [0, 0.1) is 0 Å². The third-order valence-electron chi connectivity index (χ3n) is 12.3. The molecule has 12 rings (SSSR count). The van der Waals surface area contributed by atoms with Crippen LogP contribution in [0.3, 0.4) is 0 Å². The second-order valence-electron chi connectivity index (χ2n) is 16.2. The van der Waals surface area contributed by atoms with Gasteiger partial charge in [-0.1, -0.05) is 146 Å². The first kappa shape index (κ1) is 37.6. The summed E-state index contributed by atoms with van der Waals surface area (Å²) in [5.74, 6) is 0. The molecule has 0 amide bonds. The summed E-state index contributed by atoms with van der Waals surface area (Å²) in [4.78, 5) is 4.81. The van der Waals surface area contributed by atoms with Gasteiger partial charge in [-0.2, -0.15) is 0 Å². The van der Waals surface area contributed by atoms with Gasteiger partial charge in [0.25, 0.3) is 0 Å². The Balaban J connectivity index is 1.11. The molecule has 0 aliphatic carbocycles. The summed E-state index contributed by atoms with van der Waals surface area (Å²) in [6, 6.07) is 90.3. The molecule has 0 fully saturated rings. The van der Waals surface area contributed by atoms with Gasteiger partial charge in [0.05, 0.1) is 11.0 Å². The number of nitrogens with zero attached hydrogens (tertiary/aromatic N) is 3. The standard InChI is InChI=1S/C60H41N3S/c1-5-17-42(18-6-1)43-29-32-49(33-30-43)61(46-19-7-2-8-20-46)51-37-45(44-31-36-60-56(39-44)55-26-14-16-28-59(55)64-60)38-52(40-51)62(47-21-9-3-10-22-47)50-34-35-54-53-25-13-15-27-57(53)63(58(54)41-50)48-23-11-4-12-24-48/h1-41H. The topological polar surface area (TPSA) is 11.4 Å². The highest BCUT2D eigenvalue weighted by molar-refractivity contribution is 7.25. The van der Waals surface area contributed by atoms with E-state index >= 15 is 0 Å². The van der Waals surface area contributed by atoms with Crippen molar-refractivity contribution in [3.05, 3.63) is 249 Å². The summed E-state index contributed by atoms with van der Waals surface area (Å²) in [5, 5.41) is 5.02. The molecule has 0 unspecified atom stereocenters. The molecule has 0 atom stereocenters. The molecule has 2 aromatic heterocycles. The van der Waals surface area contributed by atoms with Crippen LogP contribution in [0.2, 0.25) is 0 Å². The van der Waals surface area contributed by atoms with E-state index in [2.05, 4.69) is 263 Å². The van der Waals surface area contributed by atoms with Crippen LogP contribution in [-0.4, -0.2) is 4.57 Å². The van der Waals surface area contributed by atoms with Crippen molar-refractivity contribution in [2.75, 3.05) is 9.80 Å². The molecule has 0 spiro atoms. The Morgan fingerprint density at radius 1 is 0.266 bits per heavy atom. The second kappa shape index (κ2) is 15.9. The van der Waals surface area contributed by atoms with Gasteiger partial charge in [0, 0.05) is 70.8 Å². The van der Waals surface area contributed by atoms with Crippen molar-refractivity contribution >= 4 is 87.4 Å². The summed E-state index contributed by atoms with van der Waals surface area (Å²) in [6.07, 6.45) is 0. The number of thiophene rings is 1. The zero-order chi connectivity index (χ0) is 42.4. The Labute approximate surface area is 376 Å².